The molecular formula is C14H15FN2OS. The SMILES string of the molecule is Fc1ccccc1-c1csc(CN2CCOCC2)n1. The Balaban J connectivity index is 1.74. The number of hydrogen-bond donors (Lipinski definition) is 0. The van der Waals surface area contributed by atoms with Gasteiger partial charge in [0.25, 0.3) is 0 Å². The number of benzene rings is 1. The van der Waals surface area contributed by atoms with Gasteiger partial charge in [-0.15, -0.1) is 11.3 Å². The zero-order valence-corrected chi connectivity index (χ0v) is 11.3. The van der Waals surface area contributed by atoms with E-state index in [1.165, 1.54) is 6.07 Å². The van der Waals surface area contributed by atoms with Crippen molar-refractivity contribution in [3.05, 3.63) is 40.5 Å². The van der Waals surface area contributed by atoms with E-state index in [1.54, 1.807) is 23.5 Å². The van der Waals surface area contributed by atoms with Crippen LogP contribution < -0.4 is 0 Å². The zero-order chi connectivity index (χ0) is 13.1. The summed E-state index contributed by atoms with van der Waals surface area (Å²) in [5.74, 6) is -0.217. The second kappa shape index (κ2) is 5.77. The lowest BCUT2D eigenvalue weighted by Crippen LogP contribution is -2.35. The molecular weight excluding hydrogens is 263 g/mol. The zero-order valence-electron chi connectivity index (χ0n) is 10.5. The summed E-state index contributed by atoms with van der Waals surface area (Å²) in [7, 11) is 0. The molecule has 0 bridgehead atoms. The van der Waals surface area contributed by atoms with Crippen LogP contribution in [0.1, 0.15) is 5.01 Å². The van der Waals surface area contributed by atoms with Gasteiger partial charge in [0.15, 0.2) is 0 Å². The fraction of sp³-hybridized carbons (Fsp3) is 0.357. The van der Waals surface area contributed by atoms with Crippen molar-refractivity contribution in [2.75, 3.05) is 26.3 Å². The third-order valence-corrected chi connectivity index (χ3v) is 4.00. The molecule has 5 heteroatoms. The summed E-state index contributed by atoms with van der Waals surface area (Å²) in [5, 5.41) is 2.95. The maximum Gasteiger partial charge on any atom is 0.132 e. The fourth-order valence-electron chi connectivity index (χ4n) is 2.13. The third kappa shape index (κ3) is 3.00. The van der Waals surface area contributed by atoms with Crippen LogP contribution in [0.5, 0.6) is 0 Å². The molecule has 0 spiro atoms. The molecule has 0 atom stereocenters. The van der Waals surface area contributed by atoms with E-state index in [4.69, 9.17) is 4.74 Å². The van der Waals surface area contributed by atoms with Gasteiger partial charge in [0.1, 0.15) is 10.8 Å². The van der Waals surface area contributed by atoms with E-state index in [9.17, 15) is 4.39 Å². The van der Waals surface area contributed by atoms with Gasteiger partial charge in [-0.3, -0.25) is 4.90 Å². The topological polar surface area (TPSA) is 25.4 Å². The van der Waals surface area contributed by atoms with Gasteiger partial charge in [0.05, 0.1) is 25.5 Å². The first-order valence-corrected chi connectivity index (χ1v) is 7.20. The minimum absolute atomic E-state index is 0.217. The first-order chi connectivity index (χ1) is 9.33. The molecule has 0 amide bonds. The molecule has 2 heterocycles. The molecule has 0 N–H and O–H groups in total. The lowest BCUT2D eigenvalue weighted by Gasteiger charge is -2.25. The molecule has 3 rings (SSSR count). The van der Waals surface area contributed by atoms with E-state index >= 15 is 0 Å². The Bertz CT molecular complexity index is 552. The van der Waals surface area contributed by atoms with Crippen molar-refractivity contribution in [3.63, 3.8) is 0 Å². The van der Waals surface area contributed by atoms with Crippen molar-refractivity contribution in [3.8, 4) is 11.3 Å². The number of thiazole rings is 1. The molecule has 0 radical (unpaired) electrons. The Morgan fingerprint density at radius 1 is 1.26 bits per heavy atom. The molecule has 1 aromatic heterocycles. The Labute approximate surface area is 115 Å². The molecule has 1 aromatic carbocycles. The standard InChI is InChI=1S/C14H15FN2OS/c15-12-4-2-1-3-11(12)13-10-19-14(16-13)9-17-5-7-18-8-6-17/h1-4,10H,5-9H2. The summed E-state index contributed by atoms with van der Waals surface area (Å²) < 4.78 is 19.0. The van der Waals surface area contributed by atoms with Gasteiger partial charge in [-0.2, -0.15) is 0 Å². The number of aromatic nitrogens is 1. The number of halogens is 1. The Hall–Kier alpha value is -1.30. The van der Waals surface area contributed by atoms with Gasteiger partial charge in [0, 0.05) is 24.0 Å². The summed E-state index contributed by atoms with van der Waals surface area (Å²) in [6, 6.07) is 6.76. The third-order valence-electron chi connectivity index (χ3n) is 3.16. The van der Waals surface area contributed by atoms with E-state index in [-0.39, 0.29) is 5.82 Å². The second-order valence-electron chi connectivity index (χ2n) is 4.49. The summed E-state index contributed by atoms with van der Waals surface area (Å²) in [5.41, 5.74) is 1.30. The quantitative estimate of drug-likeness (QED) is 0.863. The highest BCUT2D eigenvalue weighted by molar-refractivity contribution is 7.09. The monoisotopic (exact) mass is 278 g/mol. The van der Waals surface area contributed by atoms with Crippen molar-refractivity contribution in [2.24, 2.45) is 0 Å². The van der Waals surface area contributed by atoms with Crippen LogP contribution in [0, 0.1) is 5.82 Å². The van der Waals surface area contributed by atoms with E-state index in [1.807, 2.05) is 11.4 Å². The van der Waals surface area contributed by atoms with Gasteiger partial charge < -0.3 is 4.74 Å². The highest BCUT2D eigenvalue weighted by atomic mass is 32.1. The van der Waals surface area contributed by atoms with Crippen LogP contribution in [0.25, 0.3) is 11.3 Å². The van der Waals surface area contributed by atoms with Gasteiger partial charge in [-0.1, -0.05) is 12.1 Å². The average molecular weight is 278 g/mol. The minimum atomic E-state index is -0.217. The van der Waals surface area contributed by atoms with Gasteiger partial charge in [0.2, 0.25) is 0 Å². The Kier molecular flexibility index (Phi) is 3.87. The molecule has 1 saturated heterocycles. The molecule has 1 aliphatic rings. The van der Waals surface area contributed by atoms with Crippen LogP contribution in [-0.2, 0) is 11.3 Å². The highest BCUT2D eigenvalue weighted by Crippen LogP contribution is 2.25. The number of ether oxygens (including phenoxy) is 1. The van der Waals surface area contributed by atoms with Gasteiger partial charge >= 0.3 is 0 Å². The van der Waals surface area contributed by atoms with Crippen molar-refractivity contribution in [2.45, 2.75) is 6.54 Å². The normalized spacial score (nSPS) is 16.7. The predicted octanol–water partition coefficient (Wildman–Crippen LogP) is 2.78. The van der Waals surface area contributed by atoms with E-state index in [0.717, 1.165) is 43.5 Å². The summed E-state index contributed by atoms with van der Waals surface area (Å²) >= 11 is 1.59. The number of morpholine rings is 1. The first kappa shape index (κ1) is 12.7. The lowest BCUT2D eigenvalue weighted by molar-refractivity contribution is 0.0342. The molecule has 3 nitrogen and oxygen atoms in total. The molecule has 0 unspecified atom stereocenters. The highest BCUT2D eigenvalue weighted by Gasteiger charge is 2.14. The summed E-state index contributed by atoms with van der Waals surface area (Å²) in [6.45, 7) is 4.27. The van der Waals surface area contributed by atoms with Crippen LogP contribution in [0.2, 0.25) is 0 Å². The van der Waals surface area contributed by atoms with E-state index in [2.05, 4.69) is 9.88 Å². The maximum absolute atomic E-state index is 13.7. The van der Waals surface area contributed by atoms with Crippen molar-refractivity contribution in [1.29, 1.82) is 0 Å². The molecule has 19 heavy (non-hydrogen) atoms. The van der Waals surface area contributed by atoms with Gasteiger partial charge in [-0.05, 0) is 12.1 Å². The van der Waals surface area contributed by atoms with Crippen LogP contribution in [0.4, 0.5) is 4.39 Å². The second-order valence-corrected chi connectivity index (χ2v) is 5.44. The predicted molar refractivity (Wildman–Crippen MR) is 73.6 cm³/mol. The van der Waals surface area contributed by atoms with Crippen LogP contribution in [0.15, 0.2) is 29.6 Å². The van der Waals surface area contributed by atoms with Crippen LogP contribution >= 0.6 is 11.3 Å². The van der Waals surface area contributed by atoms with Crippen molar-refractivity contribution in [1.82, 2.24) is 9.88 Å². The number of rotatable bonds is 3. The van der Waals surface area contributed by atoms with Crippen LogP contribution in [-0.4, -0.2) is 36.2 Å². The largest absolute Gasteiger partial charge is 0.379 e. The average Bonchev–Trinajstić information content (AvgIpc) is 2.89. The molecule has 100 valence electrons. The molecule has 2 aromatic rings. The first-order valence-electron chi connectivity index (χ1n) is 6.32. The lowest BCUT2D eigenvalue weighted by atomic mass is 10.2. The van der Waals surface area contributed by atoms with E-state index < -0.39 is 0 Å². The fourth-order valence-corrected chi connectivity index (χ4v) is 2.96. The van der Waals surface area contributed by atoms with E-state index in [0.29, 0.717) is 5.56 Å². The molecule has 0 aliphatic carbocycles. The Morgan fingerprint density at radius 2 is 2.05 bits per heavy atom. The molecule has 1 aliphatic heterocycles. The minimum Gasteiger partial charge on any atom is -0.379 e. The van der Waals surface area contributed by atoms with Crippen LogP contribution in [0.3, 0.4) is 0 Å². The summed E-state index contributed by atoms with van der Waals surface area (Å²) in [6.07, 6.45) is 0. The van der Waals surface area contributed by atoms with Gasteiger partial charge in [-0.25, -0.2) is 9.37 Å². The number of nitrogens with zero attached hydrogens (tertiary/aromatic N) is 2. The molecule has 1 fully saturated rings. The van der Waals surface area contributed by atoms with Crippen molar-refractivity contribution < 1.29 is 9.13 Å². The van der Waals surface area contributed by atoms with Crippen molar-refractivity contribution >= 4 is 11.3 Å². The summed E-state index contributed by atoms with van der Waals surface area (Å²) in [4.78, 5) is 6.84. The Morgan fingerprint density at radius 3 is 2.84 bits per heavy atom. The number of hydrogen-bond acceptors (Lipinski definition) is 4. The smallest absolute Gasteiger partial charge is 0.132 e. The maximum atomic E-state index is 13.7. The molecule has 0 saturated carbocycles.